The number of halogens is 4. The molecule has 0 aromatic heterocycles. The maximum Gasteiger partial charge on any atom is 0.0686 e. The molecular formula is C16H15Cl4N. The molecule has 0 spiro atoms. The van der Waals surface area contributed by atoms with Crippen molar-refractivity contribution in [2.45, 2.75) is 20.4 Å². The Morgan fingerprint density at radius 2 is 1.57 bits per heavy atom. The molecule has 21 heavy (non-hydrogen) atoms. The van der Waals surface area contributed by atoms with E-state index in [0.717, 1.165) is 29.8 Å². The van der Waals surface area contributed by atoms with E-state index >= 15 is 0 Å². The molecule has 0 atom stereocenters. The van der Waals surface area contributed by atoms with Crippen molar-refractivity contribution in [2.24, 2.45) is 0 Å². The van der Waals surface area contributed by atoms with Crippen LogP contribution < -0.4 is 5.32 Å². The quantitative estimate of drug-likeness (QED) is 0.621. The number of hydrogen-bond donors (Lipinski definition) is 1. The first-order valence-corrected chi connectivity index (χ1v) is 8.10. The Morgan fingerprint density at radius 3 is 2.14 bits per heavy atom. The van der Waals surface area contributed by atoms with E-state index in [1.54, 1.807) is 6.07 Å². The summed E-state index contributed by atoms with van der Waals surface area (Å²) in [5, 5.41) is 4.95. The standard InChI is InChI=1S/C16H15Cl4N/c1-3-21-8-10-5-4-9(2)11(6-10)14-15(19)12(17)7-13(18)16(14)20/h4-7,21H,3,8H2,1-2H3. The average molecular weight is 363 g/mol. The predicted molar refractivity (Wildman–Crippen MR) is 94.0 cm³/mol. The molecule has 2 aromatic carbocycles. The first-order chi connectivity index (χ1) is 9.95. The van der Waals surface area contributed by atoms with Crippen molar-refractivity contribution in [3.8, 4) is 11.1 Å². The molecule has 0 bridgehead atoms. The minimum absolute atomic E-state index is 0.401. The number of nitrogens with one attached hydrogen (secondary N) is 1. The summed E-state index contributed by atoms with van der Waals surface area (Å²) in [5.41, 5.74) is 3.86. The van der Waals surface area contributed by atoms with Gasteiger partial charge in [0.2, 0.25) is 0 Å². The van der Waals surface area contributed by atoms with Crippen LogP contribution in [0.15, 0.2) is 24.3 Å². The molecule has 0 aliphatic rings. The molecule has 0 saturated carbocycles. The van der Waals surface area contributed by atoms with Crippen molar-refractivity contribution < 1.29 is 0 Å². The van der Waals surface area contributed by atoms with Crippen LogP contribution in [0.1, 0.15) is 18.1 Å². The molecule has 1 N–H and O–H groups in total. The van der Waals surface area contributed by atoms with E-state index in [0.29, 0.717) is 25.7 Å². The van der Waals surface area contributed by atoms with Crippen molar-refractivity contribution in [3.05, 3.63) is 55.5 Å². The van der Waals surface area contributed by atoms with Gasteiger partial charge in [-0.05, 0) is 42.3 Å². The van der Waals surface area contributed by atoms with E-state index in [2.05, 4.69) is 24.4 Å². The fraction of sp³-hybridized carbons (Fsp3) is 0.250. The lowest BCUT2D eigenvalue weighted by Gasteiger charge is -2.14. The highest BCUT2D eigenvalue weighted by Gasteiger charge is 2.17. The van der Waals surface area contributed by atoms with Crippen LogP contribution in [0.4, 0.5) is 0 Å². The highest BCUT2D eigenvalue weighted by molar-refractivity contribution is 6.50. The van der Waals surface area contributed by atoms with Crippen molar-refractivity contribution in [2.75, 3.05) is 6.54 Å². The Morgan fingerprint density at radius 1 is 0.952 bits per heavy atom. The van der Waals surface area contributed by atoms with Crippen LogP contribution >= 0.6 is 46.4 Å². The third-order valence-corrected chi connectivity index (χ3v) is 4.84. The van der Waals surface area contributed by atoms with E-state index in [9.17, 15) is 0 Å². The smallest absolute Gasteiger partial charge is 0.0686 e. The summed E-state index contributed by atoms with van der Waals surface area (Å²) in [6.07, 6.45) is 0. The summed E-state index contributed by atoms with van der Waals surface area (Å²) < 4.78 is 0. The van der Waals surface area contributed by atoms with Gasteiger partial charge in [0.05, 0.1) is 20.1 Å². The minimum Gasteiger partial charge on any atom is -0.313 e. The maximum atomic E-state index is 6.34. The van der Waals surface area contributed by atoms with Gasteiger partial charge in [0.1, 0.15) is 0 Å². The Balaban J connectivity index is 2.61. The summed E-state index contributed by atoms with van der Waals surface area (Å²) in [6, 6.07) is 7.76. The Bertz CT molecular complexity index is 642. The summed E-state index contributed by atoms with van der Waals surface area (Å²) in [6.45, 7) is 5.77. The Hall–Kier alpha value is -0.440. The summed E-state index contributed by atoms with van der Waals surface area (Å²) in [5.74, 6) is 0. The molecule has 0 aliphatic heterocycles. The highest BCUT2D eigenvalue weighted by atomic mass is 35.5. The zero-order valence-corrected chi connectivity index (χ0v) is 14.8. The summed E-state index contributed by atoms with van der Waals surface area (Å²) in [7, 11) is 0. The van der Waals surface area contributed by atoms with E-state index in [1.807, 2.05) is 13.0 Å². The van der Waals surface area contributed by atoms with Crippen LogP contribution in [0, 0.1) is 6.92 Å². The molecule has 2 rings (SSSR count). The van der Waals surface area contributed by atoms with Crippen LogP contribution in [0.2, 0.25) is 20.1 Å². The maximum absolute atomic E-state index is 6.34. The molecule has 1 nitrogen and oxygen atoms in total. The second-order valence-electron chi connectivity index (χ2n) is 4.77. The van der Waals surface area contributed by atoms with Crippen molar-refractivity contribution >= 4 is 46.4 Å². The minimum atomic E-state index is 0.401. The van der Waals surface area contributed by atoms with Gasteiger partial charge in [-0.3, -0.25) is 0 Å². The van der Waals surface area contributed by atoms with Crippen LogP contribution in [0.5, 0.6) is 0 Å². The van der Waals surface area contributed by atoms with Crippen molar-refractivity contribution in [3.63, 3.8) is 0 Å². The van der Waals surface area contributed by atoms with E-state index in [-0.39, 0.29) is 0 Å². The van der Waals surface area contributed by atoms with Gasteiger partial charge in [-0.2, -0.15) is 0 Å². The van der Waals surface area contributed by atoms with Gasteiger partial charge in [0.15, 0.2) is 0 Å². The number of aryl methyl sites for hydroxylation is 1. The molecular weight excluding hydrogens is 348 g/mol. The zero-order chi connectivity index (χ0) is 15.6. The fourth-order valence-electron chi connectivity index (χ4n) is 2.13. The van der Waals surface area contributed by atoms with E-state index in [1.165, 1.54) is 0 Å². The van der Waals surface area contributed by atoms with Crippen molar-refractivity contribution in [1.29, 1.82) is 0 Å². The Labute approximate surface area is 145 Å². The molecule has 0 saturated heterocycles. The van der Waals surface area contributed by atoms with E-state index < -0.39 is 0 Å². The molecule has 0 fully saturated rings. The topological polar surface area (TPSA) is 12.0 Å². The molecule has 0 unspecified atom stereocenters. The molecule has 5 heteroatoms. The number of hydrogen-bond acceptors (Lipinski definition) is 1. The summed E-state index contributed by atoms with van der Waals surface area (Å²) in [4.78, 5) is 0. The van der Waals surface area contributed by atoms with Gasteiger partial charge in [-0.15, -0.1) is 0 Å². The van der Waals surface area contributed by atoms with Gasteiger partial charge in [-0.25, -0.2) is 0 Å². The number of benzene rings is 2. The van der Waals surface area contributed by atoms with Crippen molar-refractivity contribution in [1.82, 2.24) is 5.32 Å². The highest BCUT2D eigenvalue weighted by Crippen LogP contribution is 2.44. The lowest BCUT2D eigenvalue weighted by Crippen LogP contribution is -2.11. The average Bonchev–Trinajstić information content (AvgIpc) is 2.46. The van der Waals surface area contributed by atoms with Gasteiger partial charge in [0, 0.05) is 12.1 Å². The third kappa shape index (κ3) is 3.67. The van der Waals surface area contributed by atoms with Crippen LogP contribution in [0.3, 0.4) is 0 Å². The SMILES string of the molecule is CCNCc1ccc(C)c(-c2c(Cl)c(Cl)cc(Cl)c2Cl)c1. The molecule has 0 heterocycles. The lowest BCUT2D eigenvalue weighted by atomic mass is 9.98. The molecule has 0 amide bonds. The van der Waals surface area contributed by atoms with Gasteiger partial charge in [-0.1, -0.05) is 65.5 Å². The third-order valence-electron chi connectivity index (χ3n) is 3.26. The lowest BCUT2D eigenvalue weighted by molar-refractivity contribution is 0.727. The second kappa shape index (κ2) is 7.21. The molecule has 0 aliphatic carbocycles. The molecule has 2 aromatic rings. The van der Waals surface area contributed by atoms with Gasteiger partial charge in [0.25, 0.3) is 0 Å². The normalized spacial score (nSPS) is 11.0. The molecule has 112 valence electrons. The fourth-order valence-corrected chi connectivity index (χ4v) is 3.14. The first-order valence-electron chi connectivity index (χ1n) is 6.59. The number of rotatable bonds is 4. The molecule has 0 radical (unpaired) electrons. The Kier molecular flexibility index (Phi) is 5.81. The van der Waals surface area contributed by atoms with Crippen LogP contribution in [0.25, 0.3) is 11.1 Å². The second-order valence-corrected chi connectivity index (χ2v) is 6.34. The van der Waals surface area contributed by atoms with Gasteiger partial charge < -0.3 is 5.32 Å². The summed E-state index contributed by atoms with van der Waals surface area (Å²) >= 11 is 24.9. The van der Waals surface area contributed by atoms with E-state index in [4.69, 9.17) is 46.4 Å². The van der Waals surface area contributed by atoms with Crippen LogP contribution in [-0.2, 0) is 6.54 Å². The monoisotopic (exact) mass is 361 g/mol. The van der Waals surface area contributed by atoms with Gasteiger partial charge >= 0.3 is 0 Å². The zero-order valence-electron chi connectivity index (χ0n) is 11.7. The van der Waals surface area contributed by atoms with Crippen LogP contribution in [-0.4, -0.2) is 6.54 Å². The largest absolute Gasteiger partial charge is 0.313 e. The first kappa shape index (κ1) is 16.9. The predicted octanol–water partition coefficient (Wildman–Crippen LogP) is 6.39.